The highest BCUT2D eigenvalue weighted by atomic mass is 127. The fraction of sp³-hybridized carbons (Fsp3) is 0.0435. The van der Waals surface area contributed by atoms with E-state index in [0.29, 0.717) is 21.9 Å². The van der Waals surface area contributed by atoms with Gasteiger partial charge in [-0.2, -0.15) is 5.10 Å². The molecule has 0 heterocycles. The molecule has 0 spiro atoms. The Bertz CT molecular complexity index is 1170. The molecular formula is C23H17ClIN3O4. The largest absolute Gasteiger partial charge is 0.423 e. The van der Waals surface area contributed by atoms with E-state index in [1.807, 2.05) is 12.1 Å². The quantitative estimate of drug-likeness (QED) is 0.150. The van der Waals surface area contributed by atoms with Crippen molar-refractivity contribution in [3.8, 4) is 5.75 Å². The molecule has 7 nitrogen and oxygen atoms in total. The van der Waals surface area contributed by atoms with Crippen LogP contribution in [-0.4, -0.2) is 30.5 Å². The van der Waals surface area contributed by atoms with Crippen LogP contribution in [0.3, 0.4) is 0 Å². The van der Waals surface area contributed by atoms with Crippen LogP contribution in [0.15, 0.2) is 77.9 Å². The van der Waals surface area contributed by atoms with Crippen molar-refractivity contribution in [1.29, 1.82) is 0 Å². The molecule has 162 valence electrons. The Morgan fingerprint density at radius 3 is 2.28 bits per heavy atom. The lowest BCUT2D eigenvalue weighted by Crippen LogP contribution is -2.35. The van der Waals surface area contributed by atoms with Gasteiger partial charge in [-0.1, -0.05) is 35.9 Å². The molecule has 0 saturated heterocycles. The Morgan fingerprint density at radius 1 is 0.938 bits per heavy atom. The average Bonchev–Trinajstić information content (AvgIpc) is 2.79. The van der Waals surface area contributed by atoms with Crippen molar-refractivity contribution in [2.45, 2.75) is 0 Å². The molecule has 0 aliphatic heterocycles. The van der Waals surface area contributed by atoms with Crippen molar-refractivity contribution in [1.82, 2.24) is 10.7 Å². The molecule has 9 heteroatoms. The summed E-state index contributed by atoms with van der Waals surface area (Å²) >= 11 is 8.05. The normalized spacial score (nSPS) is 10.6. The molecule has 0 bridgehead atoms. The first-order valence-corrected chi connectivity index (χ1v) is 10.8. The lowest BCUT2D eigenvalue weighted by Gasteiger charge is -2.06. The van der Waals surface area contributed by atoms with Gasteiger partial charge in [0, 0.05) is 3.57 Å². The number of hydrazone groups is 1. The Labute approximate surface area is 202 Å². The summed E-state index contributed by atoms with van der Waals surface area (Å²) in [5.41, 5.74) is 3.79. The number of benzene rings is 3. The van der Waals surface area contributed by atoms with Crippen LogP contribution in [0.1, 0.15) is 26.3 Å². The summed E-state index contributed by atoms with van der Waals surface area (Å²) in [5.74, 6) is -1.02. The number of carbonyl (C=O) groups is 3. The third-order valence-electron chi connectivity index (χ3n) is 4.12. The molecule has 3 rings (SSSR count). The van der Waals surface area contributed by atoms with Crippen molar-refractivity contribution < 1.29 is 19.1 Å². The highest BCUT2D eigenvalue weighted by Gasteiger charge is 2.12. The maximum absolute atomic E-state index is 12.2. The van der Waals surface area contributed by atoms with Gasteiger partial charge in [0.25, 0.3) is 11.8 Å². The van der Waals surface area contributed by atoms with Gasteiger partial charge < -0.3 is 10.1 Å². The standard InChI is InChI=1S/C23H17ClIN3O4/c24-19-7-3-1-5-17(19)23(31)32-16-11-9-15(10-12-16)13-27-28-21(29)14-26-22(30)18-6-2-4-8-20(18)25/h1-13H,14H2,(H,26,30)(H,28,29)/b27-13+. The third kappa shape index (κ3) is 6.63. The first kappa shape index (κ1) is 23.4. The number of halogens is 2. The van der Waals surface area contributed by atoms with Gasteiger partial charge in [-0.25, -0.2) is 10.2 Å². The number of nitrogens with zero attached hydrogens (tertiary/aromatic N) is 1. The minimum atomic E-state index is -0.559. The number of hydrogen-bond acceptors (Lipinski definition) is 5. The van der Waals surface area contributed by atoms with Crippen molar-refractivity contribution in [3.05, 3.63) is 98.1 Å². The number of amides is 2. The zero-order valence-corrected chi connectivity index (χ0v) is 19.5. The predicted molar refractivity (Wildman–Crippen MR) is 130 cm³/mol. The van der Waals surface area contributed by atoms with E-state index in [1.165, 1.54) is 6.21 Å². The fourth-order valence-corrected chi connectivity index (χ4v) is 3.38. The Morgan fingerprint density at radius 2 is 1.59 bits per heavy atom. The average molecular weight is 562 g/mol. The van der Waals surface area contributed by atoms with Crippen molar-refractivity contribution in [2.75, 3.05) is 6.54 Å². The van der Waals surface area contributed by atoms with Crippen LogP contribution < -0.4 is 15.5 Å². The zero-order valence-electron chi connectivity index (χ0n) is 16.5. The molecule has 0 radical (unpaired) electrons. The predicted octanol–water partition coefficient (Wildman–Crippen LogP) is 4.04. The van der Waals surface area contributed by atoms with E-state index in [-0.39, 0.29) is 18.0 Å². The summed E-state index contributed by atoms with van der Waals surface area (Å²) in [6.45, 7) is -0.210. The van der Waals surface area contributed by atoms with Crippen molar-refractivity contribution in [2.24, 2.45) is 5.10 Å². The van der Waals surface area contributed by atoms with Crippen molar-refractivity contribution in [3.63, 3.8) is 0 Å². The van der Waals surface area contributed by atoms with E-state index in [9.17, 15) is 14.4 Å². The summed E-state index contributed by atoms with van der Waals surface area (Å²) in [4.78, 5) is 36.2. The van der Waals surface area contributed by atoms with Crippen LogP contribution in [0.25, 0.3) is 0 Å². The monoisotopic (exact) mass is 561 g/mol. The first-order valence-electron chi connectivity index (χ1n) is 9.35. The molecule has 32 heavy (non-hydrogen) atoms. The Balaban J connectivity index is 1.47. The fourth-order valence-electron chi connectivity index (χ4n) is 2.53. The van der Waals surface area contributed by atoms with Crippen LogP contribution in [-0.2, 0) is 4.79 Å². The topological polar surface area (TPSA) is 96.9 Å². The molecule has 3 aromatic carbocycles. The number of ether oxygens (including phenoxy) is 1. The van der Waals surface area contributed by atoms with Crippen molar-refractivity contribution >= 4 is 58.2 Å². The number of esters is 1. The smallest absolute Gasteiger partial charge is 0.345 e. The van der Waals surface area contributed by atoms with Crippen LogP contribution in [0, 0.1) is 3.57 Å². The second kappa shape index (κ2) is 11.4. The summed E-state index contributed by atoms with van der Waals surface area (Å²) in [5, 5.41) is 6.71. The van der Waals surface area contributed by atoms with E-state index in [1.54, 1.807) is 60.7 Å². The Kier molecular flexibility index (Phi) is 8.34. The maximum Gasteiger partial charge on any atom is 0.345 e. The number of carbonyl (C=O) groups excluding carboxylic acids is 3. The first-order chi connectivity index (χ1) is 15.4. The highest BCUT2D eigenvalue weighted by Crippen LogP contribution is 2.19. The molecule has 0 saturated carbocycles. The summed E-state index contributed by atoms with van der Waals surface area (Å²) in [6.07, 6.45) is 1.43. The van der Waals surface area contributed by atoms with E-state index in [0.717, 1.165) is 3.57 Å². The van der Waals surface area contributed by atoms with Gasteiger partial charge in [-0.05, 0) is 76.7 Å². The summed E-state index contributed by atoms with van der Waals surface area (Å²) in [6, 6.07) is 20.2. The van der Waals surface area contributed by atoms with E-state index in [2.05, 4.69) is 38.4 Å². The van der Waals surface area contributed by atoms with Crippen LogP contribution >= 0.6 is 34.2 Å². The molecule has 0 fully saturated rings. The van der Waals surface area contributed by atoms with Crippen LogP contribution in [0.5, 0.6) is 5.75 Å². The van der Waals surface area contributed by atoms with E-state index in [4.69, 9.17) is 16.3 Å². The second-order valence-corrected chi connectivity index (χ2v) is 7.96. The highest BCUT2D eigenvalue weighted by molar-refractivity contribution is 14.1. The third-order valence-corrected chi connectivity index (χ3v) is 5.39. The molecule has 2 amide bonds. The number of rotatable bonds is 7. The van der Waals surface area contributed by atoms with E-state index >= 15 is 0 Å². The van der Waals surface area contributed by atoms with Gasteiger partial charge in [-0.3, -0.25) is 9.59 Å². The summed E-state index contributed by atoms with van der Waals surface area (Å²) in [7, 11) is 0. The van der Waals surface area contributed by atoms with Gasteiger partial charge in [-0.15, -0.1) is 0 Å². The minimum Gasteiger partial charge on any atom is -0.423 e. The molecule has 3 aromatic rings. The van der Waals surface area contributed by atoms with Gasteiger partial charge in [0.1, 0.15) is 5.75 Å². The number of nitrogens with one attached hydrogen (secondary N) is 2. The molecule has 0 aromatic heterocycles. The lowest BCUT2D eigenvalue weighted by molar-refractivity contribution is -0.120. The minimum absolute atomic E-state index is 0.210. The second-order valence-electron chi connectivity index (χ2n) is 6.39. The maximum atomic E-state index is 12.2. The van der Waals surface area contributed by atoms with Gasteiger partial charge in [0.05, 0.1) is 28.9 Å². The van der Waals surface area contributed by atoms with Crippen LogP contribution in [0.4, 0.5) is 0 Å². The van der Waals surface area contributed by atoms with Gasteiger partial charge in [0.15, 0.2) is 0 Å². The molecule has 0 aliphatic carbocycles. The molecule has 0 atom stereocenters. The molecule has 0 unspecified atom stereocenters. The van der Waals surface area contributed by atoms with Gasteiger partial charge >= 0.3 is 5.97 Å². The summed E-state index contributed by atoms with van der Waals surface area (Å²) < 4.78 is 6.09. The van der Waals surface area contributed by atoms with Crippen LogP contribution in [0.2, 0.25) is 5.02 Å². The lowest BCUT2D eigenvalue weighted by atomic mass is 10.2. The zero-order chi connectivity index (χ0) is 22.9. The molecule has 2 N–H and O–H groups in total. The molecular weight excluding hydrogens is 545 g/mol. The number of hydrogen-bond donors (Lipinski definition) is 2. The Hall–Kier alpha value is -3.24. The SMILES string of the molecule is O=C(CNC(=O)c1ccccc1I)N/N=C/c1ccc(OC(=O)c2ccccc2Cl)cc1. The molecule has 0 aliphatic rings. The van der Waals surface area contributed by atoms with Gasteiger partial charge in [0.2, 0.25) is 0 Å². The van der Waals surface area contributed by atoms with E-state index < -0.39 is 11.9 Å².